The largest absolute Gasteiger partial charge is 0.504 e. The Morgan fingerprint density at radius 3 is 2.71 bits per heavy atom. The molecule has 1 aromatic carbocycles. The summed E-state index contributed by atoms with van der Waals surface area (Å²) < 4.78 is 0. The van der Waals surface area contributed by atoms with Gasteiger partial charge in [0.2, 0.25) is 5.91 Å². The molecule has 0 heterocycles. The number of phenols is 2. The van der Waals surface area contributed by atoms with Gasteiger partial charge < -0.3 is 20.6 Å². The molecule has 7 nitrogen and oxygen atoms in total. The lowest BCUT2D eigenvalue weighted by molar-refractivity contribution is -0.142. The quantitative estimate of drug-likeness (QED) is 0.115. The highest BCUT2D eigenvalue weighted by atomic mass is 16.3. The molecule has 0 aliphatic heterocycles. The molecule has 1 aliphatic carbocycles. The first-order valence-corrected chi connectivity index (χ1v) is 12.6. The number of carbonyl (C=O) groups is 1. The predicted octanol–water partition coefficient (Wildman–Crippen LogP) is 3.81. The highest BCUT2D eigenvalue weighted by molar-refractivity contribution is 5.77. The standard InChI is InChI=1S/C27H43N3O4/c1-4-7-17-28-18-13-22-20-23(30(29-16-6-3)26(33)8-5-2)12-15-27(22,34)14-11-21-9-10-24(31)25(32)19-21/h5-6,9-10,19,22-23,28-29,31-32,34H,2-4,7-8,11-18,20H2,1H3. The number of benzene rings is 1. The van der Waals surface area contributed by atoms with Crippen molar-refractivity contribution in [2.75, 3.05) is 19.6 Å². The van der Waals surface area contributed by atoms with E-state index in [1.165, 1.54) is 6.07 Å². The number of aromatic hydroxyl groups is 2. The monoisotopic (exact) mass is 473 g/mol. The summed E-state index contributed by atoms with van der Waals surface area (Å²) in [5.74, 6) is -0.285. The number of aliphatic hydroxyl groups is 1. The lowest BCUT2D eigenvalue weighted by Gasteiger charge is -2.46. The van der Waals surface area contributed by atoms with Crippen molar-refractivity contribution >= 4 is 5.91 Å². The summed E-state index contributed by atoms with van der Waals surface area (Å²) in [4.78, 5) is 12.8. The minimum absolute atomic E-state index is 0.00830. The SMILES string of the molecule is C=CCNN(C(=O)CC=C)C1CCC(O)(CCc2ccc(O)c(O)c2)C(CCNCCCC)C1. The Morgan fingerprint density at radius 2 is 2.03 bits per heavy atom. The van der Waals surface area contributed by atoms with E-state index in [0.29, 0.717) is 38.6 Å². The number of nitrogens with one attached hydrogen (secondary N) is 2. The maximum Gasteiger partial charge on any atom is 0.240 e. The van der Waals surface area contributed by atoms with E-state index in [1.54, 1.807) is 29.3 Å². The fraction of sp³-hybridized carbons (Fsp3) is 0.593. The van der Waals surface area contributed by atoms with Crippen LogP contribution in [0.25, 0.3) is 0 Å². The molecule has 2 rings (SSSR count). The van der Waals surface area contributed by atoms with E-state index in [0.717, 1.165) is 37.9 Å². The Kier molecular flexibility index (Phi) is 11.6. The van der Waals surface area contributed by atoms with Crippen LogP contribution in [0.5, 0.6) is 11.5 Å². The molecule has 7 heteroatoms. The Bertz CT molecular complexity index is 800. The number of nitrogens with zero attached hydrogens (tertiary/aromatic N) is 1. The molecule has 5 N–H and O–H groups in total. The van der Waals surface area contributed by atoms with Crippen LogP contribution in [0.2, 0.25) is 0 Å². The lowest BCUT2D eigenvalue weighted by Crippen LogP contribution is -2.55. The van der Waals surface area contributed by atoms with Crippen molar-refractivity contribution < 1.29 is 20.1 Å². The van der Waals surface area contributed by atoms with E-state index < -0.39 is 5.60 Å². The van der Waals surface area contributed by atoms with Gasteiger partial charge in [0.1, 0.15) is 0 Å². The molecule has 0 spiro atoms. The third-order valence-electron chi connectivity index (χ3n) is 6.85. The second-order valence-corrected chi connectivity index (χ2v) is 9.35. The summed E-state index contributed by atoms with van der Waals surface area (Å²) in [5.41, 5.74) is 3.21. The first kappa shape index (κ1) is 27.9. The van der Waals surface area contributed by atoms with Crippen molar-refractivity contribution in [3.63, 3.8) is 0 Å². The fourth-order valence-electron chi connectivity index (χ4n) is 4.83. The second-order valence-electron chi connectivity index (χ2n) is 9.35. The fourth-order valence-corrected chi connectivity index (χ4v) is 4.83. The summed E-state index contributed by atoms with van der Waals surface area (Å²) in [7, 11) is 0. The van der Waals surface area contributed by atoms with Gasteiger partial charge in [0.15, 0.2) is 11.5 Å². The van der Waals surface area contributed by atoms with Crippen LogP contribution >= 0.6 is 0 Å². The number of phenolic OH excluding ortho intramolecular Hbond substituents is 2. The number of unbranched alkanes of at least 4 members (excludes halogenated alkanes) is 1. The summed E-state index contributed by atoms with van der Waals surface area (Å²) in [6.45, 7) is 11.9. The number of amides is 1. The van der Waals surface area contributed by atoms with Crippen LogP contribution < -0.4 is 10.7 Å². The van der Waals surface area contributed by atoms with Crippen LogP contribution in [0.3, 0.4) is 0 Å². The third kappa shape index (κ3) is 8.15. The van der Waals surface area contributed by atoms with Crippen LogP contribution in [0.15, 0.2) is 43.5 Å². The van der Waals surface area contributed by atoms with Crippen LogP contribution in [-0.2, 0) is 11.2 Å². The number of hydrazine groups is 1. The van der Waals surface area contributed by atoms with Gasteiger partial charge in [-0.25, -0.2) is 5.43 Å². The Labute approximate surface area is 204 Å². The molecule has 190 valence electrons. The van der Waals surface area contributed by atoms with Crippen LogP contribution in [0.4, 0.5) is 0 Å². The second kappa shape index (κ2) is 14.1. The van der Waals surface area contributed by atoms with E-state index in [9.17, 15) is 20.1 Å². The number of carbonyl (C=O) groups excluding carboxylic acids is 1. The van der Waals surface area contributed by atoms with E-state index in [-0.39, 0.29) is 35.8 Å². The van der Waals surface area contributed by atoms with Crippen molar-refractivity contribution in [1.82, 2.24) is 15.8 Å². The first-order valence-electron chi connectivity index (χ1n) is 12.6. The van der Waals surface area contributed by atoms with Crippen molar-refractivity contribution in [1.29, 1.82) is 0 Å². The van der Waals surface area contributed by atoms with Crippen molar-refractivity contribution in [2.24, 2.45) is 5.92 Å². The van der Waals surface area contributed by atoms with Gasteiger partial charge in [-0.05, 0) is 81.6 Å². The van der Waals surface area contributed by atoms with Gasteiger partial charge in [0, 0.05) is 19.0 Å². The molecule has 1 fully saturated rings. The van der Waals surface area contributed by atoms with Crippen molar-refractivity contribution in [3.8, 4) is 11.5 Å². The topological polar surface area (TPSA) is 105 Å². The summed E-state index contributed by atoms with van der Waals surface area (Å²) in [5, 5.41) is 36.4. The zero-order chi connectivity index (χ0) is 25.0. The lowest BCUT2D eigenvalue weighted by atomic mass is 9.69. The average Bonchev–Trinajstić information content (AvgIpc) is 2.82. The van der Waals surface area contributed by atoms with Crippen molar-refractivity contribution in [2.45, 2.75) is 76.4 Å². The minimum atomic E-state index is -0.859. The van der Waals surface area contributed by atoms with E-state index in [1.807, 2.05) is 0 Å². The molecular formula is C27H43N3O4. The van der Waals surface area contributed by atoms with Crippen LogP contribution in [-0.4, -0.2) is 57.5 Å². The number of aryl methyl sites for hydroxylation is 1. The third-order valence-corrected chi connectivity index (χ3v) is 6.85. The molecule has 3 unspecified atom stereocenters. The Balaban J connectivity index is 2.13. The smallest absolute Gasteiger partial charge is 0.240 e. The first-order chi connectivity index (χ1) is 16.3. The van der Waals surface area contributed by atoms with Gasteiger partial charge in [0.05, 0.1) is 5.60 Å². The van der Waals surface area contributed by atoms with Gasteiger partial charge in [-0.3, -0.25) is 9.80 Å². The molecule has 1 saturated carbocycles. The number of rotatable bonds is 15. The van der Waals surface area contributed by atoms with Crippen molar-refractivity contribution in [3.05, 3.63) is 49.1 Å². The Morgan fingerprint density at radius 1 is 1.24 bits per heavy atom. The molecule has 0 aromatic heterocycles. The summed E-state index contributed by atoms with van der Waals surface area (Å²) in [6.07, 6.45) is 9.85. The molecule has 0 radical (unpaired) electrons. The van der Waals surface area contributed by atoms with Crippen LogP contribution in [0, 0.1) is 5.92 Å². The normalized spacial score (nSPS) is 22.3. The van der Waals surface area contributed by atoms with Gasteiger partial charge in [-0.1, -0.05) is 31.6 Å². The highest BCUT2D eigenvalue weighted by Gasteiger charge is 2.43. The zero-order valence-electron chi connectivity index (χ0n) is 20.6. The van der Waals surface area contributed by atoms with Gasteiger partial charge in [-0.2, -0.15) is 0 Å². The number of hydrogen-bond donors (Lipinski definition) is 5. The van der Waals surface area contributed by atoms with Gasteiger partial charge in [0.25, 0.3) is 0 Å². The molecule has 1 amide bonds. The summed E-state index contributed by atoms with van der Waals surface area (Å²) in [6, 6.07) is 4.81. The zero-order valence-corrected chi connectivity index (χ0v) is 20.6. The van der Waals surface area contributed by atoms with E-state index in [2.05, 4.69) is 30.8 Å². The highest BCUT2D eigenvalue weighted by Crippen LogP contribution is 2.41. The maximum absolute atomic E-state index is 12.8. The van der Waals surface area contributed by atoms with E-state index >= 15 is 0 Å². The predicted molar refractivity (Wildman–Crippen MR) is 136 cm³/mol. The minimum Gasteiger partial charge on any atom is -0.504 e. The van der Waals surface area contributed by atoms with Gasteiger partial charge in [-0.15, -0.1) is 13.2 Å². The molecular weight excluding hydrogens is 430 g/mol. The van der Waals surface area contributed by atoms with Crippen LogP contribution in [0.1, 0.15) is 63.9 Å². The molecule has 0 saturated heterocycles. The van der Waals surface area contributed by atoms with Gasteiger partial charge >= 0.3 is 0 Å². The molecule has 1 aliphatic rings. The molecule has 0 bridgehead atoms. The molecule has 3 atom stereocenters. The molecule has 34 heavy (non-hydrogen) atoms. The Hall–Kier alpha value is -2.35. The molecule has 1 aromatic rings. The maximum atomic E-state index is 12.8. The summed E-state index contributed by atoms with van der Waals surface area (Å²) >= 11 is 0. The average molecular weight is 474 g/mol. The van der Waals surface area contributed by atoms with E-state index in [4.69, 9.17) is 0 Å². The number of hydrogen-bond acceptors (Lipinski definition) is 6.